The summed E-state index contributed by atoms with van der Waals surface area (Å²) in [5, 5.41) is 0.941. The lowest BCUT2D eigenvalue weighted by atomic mass is 10.1. The van der Waals surface area contributed by atoms with Gasteiger partial charge in [0.05, 0.1) is 18.9 Å². The zero-order valence-corrected chi connectivity index (χ0v) is 17.1. The zero-order chi connectivity index (χ0) is 19.3. The summed E-state index contributed by atoms with van der Waals surface area (Å²) in [4.78, 5) is 10.6. The maximum absolute atomic E-state index is 5.97. The number of hydrogen-bond acceptors (Lipinski definition) is 5. The van der Waals surface area contributed by atoms with E-state index in [1.54, 1.807) is 11.8 Å². The van der Waals surface area contributed by atoms with Crippen molar-refractivity contribution >= 4 is 11.8 Å². The molecule has 0 N–H and O–H groups in total. The minimum atomic E-state index is 0.678. The normalized spacial score (nSPS) is 14.1. The quantitative estimate of drug-likeness (QED) is 0.496. The Kier molecular flexibility index (Phi) is 5.81. The molecule has 1 aromatic heterocycles. The van der Waals surface area contributed by atoms with Gasteiger partial charge in [-0.25, -0.2) is 9.97 Å². The molecule has 5 heteroatoms. The second-order valence-corrected chi connectivity index (χ2v) is 7.91. The molecule has 2 heterocycles. The first-order valence-corrected chi connectivity index (χ1v) is 10.6. The van der Waals surface area contributed by atoms with Crippen LogP contribution in [0.25, 0.3) is 11.3 Å². The monoisotopic (exact) mass is 392 g/mol. The molecule has 0 atom stereocenters. The Morgan fingerprint density at radius 1 is 0.929 bits per heavy atom. The van der Waals surface area contributed by atoms with Gasteiger partial charge < -0.3 is 9.47 Å². The Bertz CT molecular complexity index is 975. The highest BCUT2D eigenvalue weighted by molar-refractivity contribution is 7.99. The smallest absolute Gasteiger partial charge is 0.130 e. The predicted octanol–water partition coefficient (Wildman–Crippen LogP) is 5.72. The summed E-state index contributed by atoms with van der Waals surface area (Å²) >= 11 is 1.64. The van der Waals surface area contributed by atoms with Crippen LogP contribution in [0, 0.1) is 6.92 Å². The number of fused-ring (bicyclic) bond motifs is 7. The van der Waals surface area contributed by atoms with Crippen LogP contribution in [0.15, 0.2) is 58.5 Å². The Balaban J connectivity index is 1.79. The van der Waals surface area contributed by atoms with Crippen LogP contribution < -0.4 is 9.47 Å². The summed E-state index contributed by atoms with van der Waals surface area (Å²) in [6.45, 7) is 5.56. The minimum Gasteiger partial charge on any atom is -0.494 e. The van der Waals surface area contributed by atoms with Gasteiger partial charge in [0, 0.05) is 16.9 Å². The van der Waals surface area contributed by atoms with E-state index in [-0.39, 0.29) is 0 Å². The summed E-state index contributed by atoms with van der Waals surface area (Å²) < 4.78 is 11.9. The lowest BCUT2D eigenvalue weighted by Crippen LogP contribution is -2.03. The van der Waals surface area contributed by atoms with Crippen LogP contribution in [0.4, 0.5) is 0 Å². The Hall–Kier alpha value is -2.53. The average molecular weight is 393 g/mol. The van der Waals surface area contributed by atoms with Crippen LogP contribution in [-0.2, 0) is 6.42 Å². The molecule has 4 nitrogen and oxygen atoms in total. The molecule has 3 aromatic rings. The Morgan fingerprint density at radius 3 is 2.50 bits per heavy atom. The maximum Gasteiger partial charge on any atom is 0.130 e. The van der Waals surface area contributed by atoms with E-state index >= 15 is 0 Å². The highest BCUT2D eigenvalue weighted by atomic mass is 32.2. The van der Waals surface area contributed by atoms with E-state index in [0.29, 0.717) is 13.2 Å². The number of ether oxygens (including phenoxy) is 2. The van der Waals surface area contributed by atoms with Crippen LogP contribution in [0.3, 0.4) is 0 Å². The molecule has 1 aliphatic heterocycles. The number of nitrogens with zero attached hydrogens (tertiary/aromatic N) is 2. The zero-order valence-electron chi connectivity index (χ0n) is 16.3. The number of aryl methyl sites for hydroxylation is 2. The van der Waals surface area contributed by atoms with Crippen molar-refractivity contribution in [2.45, 2.75) is 43.0 Å². The first-order valence-electron chi connectivity index (χ1n) is 9.74. The maximum atomic E-state index is 5.97. The van der Waals surface area contributed by atoms with E-state index in [1.165, 1.54) is 5.56 Å². The van der Waals surface area contributed by atoms with Gasteiger partial charge in [0.25, 0.3) is 0 Å². The lowest BCUT2D eigenvalue weighted by molar-refractivity contribution is 0.266. The molecule has 0 spiro atoms. The summed E-state index contributed by atoms with van der Waals surface area (Å²) in [5.41, 5.74) is 3.22. The van der Waals surface area contributed by atoms with Gasteiger partial charge >= 0.3 is 0 Å². The summed E-state index contributed by atoms with van der Waals surface area (Å²) in [6, 6.07) is 16.5. The first-order chi connectivity index (χ1) is 13.7. The van der Waals surface area contributed by atoms with Crippen LogP contribution in [0.2, 0.25) is 0 Å². The lowest BCUT2D eigenvalue weighted by Gasteiger charge is -2.13. The number of rotatable bonds is 1. The molecule has 0 amide bonds. The molecule has 1 aliphatic rings. The number of benzene rings is 2. The molecule has 0 aliphatic carbocycles. The molecular weight excluding hydrogens is 368 g/mol. The van der Waals surface area contributed by atoms with Crippen molar-refractivity contribution in [3.05, 3.63) is 59.9 Å². The van der Waals surface area contributed by atoms with Gasteiger partial charge in [-0.2, -0.15) is 0 Å². The number of hydrogen-bond donors (Lipinski definition) is 0. The van der Waals surface area contributed by atoms with Crippen molar-refractivity contribution in [2.24, 2.45) is 0 Å². The third-order valence-electron chi connectivity index (χ3n) is 4.65. The molecule has 0 unspecified atom stereocenters. The minimum absolute atomic E-state index is 0.678. The van der Waals surface area contributed by atoms with Gasteiger partial charge in [0.15, 0.2) is 0 Å². The van der Waals surface area contributed by atoms with Crippen molar-refractivity contribution in [2.75, 3.05) is 13.2 Å². The average Bonchev–Trinajstić information content (AvgIpc) is 2.71. The molecule has 6 bridgehead atoms. The first kappa shape index (κ1) is 18.8. The predicted molar refractivity (Wildman–Crippen MR) is 112 cm³/mol. The molecule has 0 radical (unpaired) electrons. The second kappa shape index (κ2) is 8.65. The standard InChI is InChI=1S/C23H24N2O2S/c1-3-22-24-21-15-23(25-22)28-19-8-6-7-17(13-19)26-11-4-5-12-27-18-10-9-16(2)20(21)14-18/h6-10,13-15H,3-5,11-12H2,1-2H3. The van der Waals surface area contributed by atoms with Crippen LogP contribution >= 0.6 is 11.8 Å². The van der Waals surface area contributed by atoms with Gasteiger partial charge in [0.2, 0.25) is 0 Å². The van der Waals surface area contributed by atoms with Crippen molar-refractivity contribution in [3.63, 3.8) is 0 Å². The molecule has 28 heavy (non-hydrogen) atoms. The Labute approximate surface area is 170 Å². The fourth-order valence-electron chi connectivity index (χ4n) is 3.12. The fourth-order valence-corrected chi connectivity index (χ4v) is 4.01. The summed E-state index contributed by atoms with van der Waals surface area (Å²) in [7, 11) is 0. The van der Waals surface area contributed by atoms with Gasteiger partial charge in [0.1, 0.15) is 22.3 Å². The molecule has 2 aromatic carbocycles. The van der Waals surface area contributed by atoms with Crippen LogP contribution in [0.5, 0.6) is 11.5 Å². The van der Waals surface area contributed by atoms with Gasteiger partial charge in [-0.05, 0) is 61.7 Å². The van der Waals surface area contributed by atoms with E-state index < -0.39 is 0 Å². The SMILES string of the molecule is CCc1nc2cc(n1)-c1cc(ccc1C)OCCCCOc1cccc(c1)S2. The molecule has 0 fully saturated rings. The van der Waals surface area contributed by atoms with E-state index in [0.717, 1.165) is 57.8 Å². The van der Waals surface area contributed by atoms with E-state index in [9.17, 15) is 0 Å². The van der Waals surface area contributed by atoms with Gasteiger partial charge in [-0.3, -0.25) is 0 Å². The second-order valence-electron chi connectivity index (χ2n) is 6.82. The molecule has 4 rings (SSSR count). The molecule has 0 saturated carbocycles. The van der Waals surface area contributed by atoms with Crippen molar-refractivity contribution in [3.8, 4) is 22.8 Å². The van der Waals surface area contributed by atoms with E-state index in [1.807, 2.05) is 18.2 Å². The van der Waals surface area contributed by atoms with E-state index in [2.05, 4.69) is 44.2 Å². The number of aromatic nitrogens is 2. The van der Waals surface area contributed by atoms with Crippen molar-refractivity contribution in [1.82, 2.24) is 9.97 Å². The largest absolute Gasteiger partial charge is 0.494 e. The highest BCUT2D eigenvalue weighted by Crippen LogP contribution is 2.33. The van der Waals surface area contributed by atoms with Crippen LogP contribution in [-0.4, -0.2) is 23.2 Å². The van der Waals surface area contributed by atoms with Gasteiger partial charge in [-0.1, -0.05) is 30.8 Å². The summed E-state index contributed by atoms with van der Waals surface area (Å²) in [6.07, 6.45) is 2.70. The molecule has 144 valence electrons. The van der Waals surface area contributed by atoms with Crippen LogP contribution in [0.1, 0.15) is 31.2 Å². The fraction of sp³-hybridized carbons (Fsp3) is 0.304. The molecule has 0 saturated heterocycles. The topological polar surface area (TPSA) is 44.2 Å². The van der Waals surface area contributed by atoms with Crippen molar-refractivity contribution < 1.29 is 9.47 Å². The third kappa shape index (κ3) is 4.47. The van der Waals surface area contributed by atoms with E-state index in [4.69, 9.17) is 19.4 Å². The third-order valence-corrected chi connectivity index (χ3v) is 5.56. The summed E-state index contributed by atoms with van der Waals surface area (Å²) in [5.74, 6) is 2.62. The molecular formula is C23H24N2O2S. The van der Waals surface area contributed by atoms with Gasteiger partial charge in [-0.15, -0.1) is 0 Å². The Morgan fingerprint density at radius 2 is 1.71 bits per heavy atom. The highest BCUT2D eigenvalue weighted by Gasteiger charge is 2.12. The van der Waals surface area contributed by atoms with Crippen molar-refractivity contribution in [1.29, 1.82) is 0 Å².